The zero-order valence-electron chi connectivity index (χ0n) is 15.0. The number of rotatable bonds is 5. The lowest BCUT2D eigenvalue weighted by Crippen LogP contribution is -2.45. The molecule has 2 aliphatic rings. The van der Waals surface area contributed by atoms with Gasteiger partial charge in [-0.1, -0.05) is 31.9 Å². The topological polar surface area (TPSA) is 45.7 Å². The Hall–Kier alpha value is -0.980. The maximum atomic E-state index is 5.42. The van der Waals surface area contributed by atoms with E-state index in [9.17, 15) is 0 Å². The molecule has 0 aromatic heterocycles. The van der Waals surface area contributed by atoms with Gasteiger partial charge < -0.3 is 15.4 Å². The highest BCUT2D eigenvalue weighted by molar-refractivity contribution is 14.0. The van der Waals surface area contributed by atoms with Gasteiger partial charge in [0.15, 0.2) is 5.96 Å². The van der Waals surface area contributed by atoms with Crippen molar-refractivity contribution in [2.75, 3.05) is 20.7 Å². The Bertz CT molecular complexity index is 569. The first-order valence-electron chi connectivity index (χ1n) is 8.78. The van der Waals surface area contributed by atoms with Crippen LogP contribution in [-0.4, -0.2) is 32.7 Å². The standard InChI is InChI=1S/C19H29N3O.HI/c1-14-11-17(14)22-18(20-2)21-13-19(9-4-5-10-19)15-7-6-8-16(12-15)23-3;/h6-8,12,14,17H,4-5,9-11,13H2,1-3H3,(H2,20,21,22);1H. The number of halogens is 1. The summed E-state index contributed by atoms with van der Waals surface area (Å²) < 4.78 is 5.42. The lowest BCUT2D eigenvalue weighted by molar-refractivity contribution is 0.404. The van der Waals surface area contributed by atoms with Crippen molar-refractivity contribution in [2.45, 2.75) is 50.5 Å². The number of guanidine groups is 1. The number of nitrogens with zero attached hydrogens (tertiary/aromatic N) is 1. The number of benzene rings is 1. The van der Waals surface area contributed by atoms with Crippen LogP contribution in [-0.2, 0) is 5.41 Å². The van der Waals surface area contributed by atoms with Crippen molar-refractivity contribution in [3.05, 3.63) is 29.8 Å². The Balaban J connectivity index is 0.00000208. The smallest absolute Gasteiger partial charge is 0.191 e. The molecule has 2 N–H and O–H groups in total. The van der Waals surface area contributed by atoms with Crippen molar-refractivity contribution in [3.63, 3.8) is 0 Å². The zero-order chi connectivity index (χ0) is 16.3. The molecule has 0 saturated heterocycles. The van der Waals surface area contributed by atoms with E-state index in [2.05, 4.69) is 40.7 Å². The maximum Gasteiger partial charge on any atom is 0.191 e. The van der Waals surface area contributed by atoms with Crippen LogP contribution < -0.4 is 15.4 Å². The first-order valence-corrected chi connectivity index (χ1v) is 8.78. The molecule has 24 heavy (non-hydrogen) atoms. The second kappa shape index (κ2) is 8.41. The quantitative estimate of drug-likeness (QED) is 0.415. The van der Waals surface area contributed by atoms with Gasteiger partial charge >= 0.3 is 0 Å². The minimum atomic E-state index is 0. The van der Waals surface area contributed by atoms with Crippen molar-refractivity contribution >= 4 is 29.9 Å². The van der Waals surface area contributed by atoms with Crippen molar-refractivity contribution in [3.8, 4) is 5.75 Å². The van der Waals surface area contributed by atoms with E-state index in [0.29, 0.717) is 6.04 Å². The maximum absolute atomic E-state index is 5.42. The summed E-state index contributed by atoms with van der Waals surface area (Å²) in [4.78, 5) is 4.39. The molecule has 134 valence electrons. The lowest BCUT2D eigenvalue weighted by atomic mass is 9.78. The van der Waals surface area contributed by atoms with Crippen LogP contribution >= 0.6 is 24.0 Å². The Kier molecular flexibility index (Phi) is 6.78. The van der Waals surface area contributed by atoms with Crippen LogP contribution in [0.4, 0.5) is 0 Å². The first kappa shape index (κ1) is 19.3. The molecule has 0 heterocycles. The predicted octanol–water partition coefficient (Wildman–Crippen LogP) is 3.70. The highest BCUT2D eigenvalue weighted by atomic mass is 127. The molecule has 5 heteroatoms. The van der Waals surface area contributed by atoms with E-state index in [-0.39, 0.29) is 29.4 Å². The summed E-state index contributed by atoms with van der Waals surface area (Å²) >= 11 is 0. The monoisotopic (exact) mass is 443 g/mol. The number of nitrogens with one attached hydrogen (secondary N) is 2. The molecule has 1 aromatic rings. The van der Waals surface area contributed by atoms with Crippen molar-refractivity contribution in [2.24, 2.45) is 10.9 Å². The van der Waals surface area contributed by atoms with Crippen LogP contribution in [0.2, 0.25) is 0 Å². The number of hydrogen-bond donors (Lipinski definition) is 2. The van der Waals surface area contributed by atoms with Crippen LogP contribution in [0, 0.1) is 5.92 Å². The minimum Gasteiger partial charge on any atom is -0.497 e. The van der Waals surface area contributed by atoms with Gasteiger partial charge in [-0.05, 0) is 42.9 Å². The highest BCUT2D eigenvalue weighted by Crippen LogP contribution is 2.41. The highest BCUT2D eigenvalue weighted by Gasteiger charge is 2.37. The first-order chi connectivity index (χ1) is 11.2. The molecular weight excluding hydrogens is 413 g/mol. The van der Waals surface area contributed by atoms with Crippen LogP contribution in [0.15, 0.2) is 29.3 Å². The Morgan fingerprint density at radius 1 is 1.33 bits per heavy atom. The van der Waals surface area contributed by atoms with Crippen LogP contribution in [0.25, 0.3) is 0 Å². The van der Waals surface area contributed by atoms with E-state index in [0.717, 1.165) is 24.2 Å². The van der Waals surface area contributed by atoms with Crippen molar-refractivity contribution < 1.29 is 4.74 Å². The third kappa shape index (κ3) is 4.35. The summed E-state index contributed by atoms with van der Waals surface area (Å²) in [6.45, 7) is 3.21. The van der Waals surface area contributed by atoms with Gasteiger partial charge in [0.1, 0.15) is 5.75 Å². The zero-order valence-corrected chi connectivity index (χ0v) is 17.3. The second-order valence-corrected chi connectivity index (χ2v) is 7.11. The lowest BCUT2D eigenvalue weighted by Gasteiger charge is -2.31. The van der Waals surface area contributed by atoms with Gasteiger partial charge in [0.25, 0.3) is 0 Å². The normalized spacial score (nSPS) is 24.9. The summed E-state index contributed by atoms with van der Waals surface area (Å²) in [5.74, 6) is 2.66. The summed E-state index contributed by atoms with van der Waals surface area (Å²) in [6.07, 6.45) is 6.30. The fourth-order valence-corrected chi connectivity index (χ4v) is 3.72. The summed E-state index contributed by atoms with van der Waals surface area (Å²) in [6, 6.07) is 9.17. The Labute approximate surface area is 162 Å². The van der Waals surface area contributed by atoms with Gasteiger partial charge in [-0.15, -0.1) is 24.0 Å². The van der Waals surface area contributed by atoms with Gasteiger partial charge in [0.2, 0.25) is 0 Å². The van der Waals surface area contributed by atoms with Gasteiger partial charge in [-0.2, -0.15) is 0 Å². The van der Waals surface area contributed by atoms with E-state index in [1.165, 1.54) is 37.7 Å². The van der Waals surface area contributed by atoms with Gasteiger partial charge in [-0.25, -0.2) is 0 Å². The number of hydrogen-bond acceptors (Lipinski definition) is 2. The molecule has 1 aromatic carbocycles. The van der Waals surface area contributed by atoms with E-state index in [4.69, 9.17) is 4.74 Å². The molecule has 0 bridgehead atoms. The van der Waals surface area contributed by atoms with Gasteiger partial charge in [0, 0.05) is 25.0 Å². The molecule has 2 unspecified atom stereocenters. The van der Waals surface area contributed by atoms with E-state index < -0.39 is 0 Å². The summed E-state index contributed by atoms with van der Waals surface area (Å²) in [5, 5.41) is 7.10. The van der Waals surface area contributed by atoms with Gasteiger partial charge in [0.05, 0.1) is 7.11 Å². The molecule has 0 radical (unpaired) electrons. The Morgan fingerprint density at radius 3 is 2.62 bits per heavy atom. The largest absolute Gasteiger partial charge is 0.497 e. The van der Waals surface area contributed by atoms with E-state index in [1.54, 1.807) is 7.11 Å². The summed E-state index contributed by atoms with van der Waals surface area (Å²) in [7, 11) is 3.59. The molecule has 2 saturated carbocycles. The third-order valence-electron chi connectivity index (χ3n) is 5.49. The molecule has 2 atom stereocenters. The third-order valence-corrected chi connectivity index (χ3v) is 5.49. The molecule has 0 amide bonds. The Morgan fingerprint density at radius 2 is 2.04 bits per heavy atom. The fourth-order valence-electron chi connectivity index (χ4n) is 3.72. The molecule has 0 aliphatic heterocycles. The van der Waals surface area contributed by atoms with Crippen molar-refractivity contribution in [1.29, 1.82) is 0 Å². The minimum absolute atomic E-state index is 0. The predicted molar refractivity (Wildman–Crippen MR) is 111 cm³/mol. The average molecular weight is 443 g/mol. The average Bonchev–Trinajstić information content (AvgIpc) is 3.08. The second-order valence-electron chi connectivity index (χ2n) is 7.11. The molecule has 3 rings (SSSR count). The van der Waals surface area contributed by atoms with Crippen LogP contribution in [0.3, 0.4) is 0 Å². The van der Waals surface area contributed by atoms with Gasteiger partial charge in [-0.3, -0.25) is 4.99 Å². The van der Waals surface area contributed by atoms with Crippen LogP contribution in [0.1, 0.15) is 44.6 Å². The van der Waals surface area contributed by atoms with E-state index >= 15 is 0 Å². The summed E-state index contributed by atoms with van der Waals surface area (Å²) in [5.41, 5.74) is 1.58. The van der Waals surface area contributed by atoms with E-state index in [1.807, 2.05) is 13.1 Å². The SMILES string of the molecule is CN=C(NCC1(c2cccc(OC)c2)CCCC1)NC1CC1C.I. The molecular formula is C19H30IN3O. The number of aliphatic imine (C=N–C) groups is 1. The fraction of sp³-hybridized carbons (Fsp3) is 0.632. The molecule has 0 spiro atoms. The number of ether oxygens (including phenoxy) is 1. The number of methoxy groups -OCH3 is 1. The van der Waals surface area contributed by atoms with Crippen LogP contribution in [0.5, 0.6) is 5.75 Å². The molecule has 2 fully saturated rings. The molecule has 2 aliphatic carbocycles. The molecule has 4 nitrogen and oxygen atoms in total. The van der Waals surface area contributed by atoms with Crippen molar-refractivity contribution in [1.82, 2.24) is 10.6 Å².